The molecule has 0 saturated heterocycles. The third kappa shape index (κ3) is 1.77. The second kappa shape index (κ2) is 4.53. The Bertz CT molecular complexity index is 1010. The van der Waals surface area contributed by atoms with Gasteiger partial charge in [-0.25, -0.2) is 0 Å². The summed E-state index contributed by atoms with van der Waals surface area (Å²) < 4.78 is 0.911. The van der Waals surface area contributed by atoms with Crippen LogP contribution in [0.3, 0.4) is 0 Å². The second-order valence-corrected chi connectivity index (χ2v) is 6.21. The number of hydrogen-bond donors (Lipinski definition) is 2. The van der Waals surface area contributed by atoms with Gasteiger partial charge in [-0.05, 0) is 30.5 Å². The molecule has 3 heterocycles. The van der Waals surface area contributed by atoms with E-state index in [0.29, 0.717) is 22.2 Å². The first-order valence-corrected chi connectivity index (χ1v) is 7.69. The number of fused-ring (bicyclic) bond motifs is 2. The molecule has 0 bridgehead atoms. The van der Waals surface area contributed by atoms with Gasteiger partial charge >= 0.3 is 0 Å². The van der Waals surface area contributed by atoms with Gasteiger partial charge in [-0.2, -0.15) is 4.73 Å². The Balaban J connectivity index is 2.15. The molecule has 1 aliphatic heterocycles. The zero-order valence-corrected chi connectivity index (χ0v) is 12.7. The SMILES string of the molecule is CC(=O)c1c(-c2cccs2)n(O)c2cc3c(cc12)C(=O)NC3=O. The molecular formula is C16H10N2O4S. The van der Waals surface area contributed by atoms with Crippen LogP contribution in [-0.4, -0.2) is 27.5 Å². The van der Waals surface area contributed by atoms with E-state index in [9.17, 15) is 19.6 Å². The Labute approximate surface area is 133 Å². The van der Waals surface area contributed by atoms with Gasteiger partial charge in [0.15, 0.2) is 5.78 Å². The van der Waals surface area contributed by atoms with Gasteiger partial charge in [0.25, 0.3) is 11.8 Å². The van der Waals surface area contributed by atoms with E-state index in [1.54, 1.807) is 6.07 Å². The number of nitrogens with one attached hydrogen (secondary N) is 1. The van der Waals surface area contributed by atoms with E-state index < -0.39 is 11.8 Å². The van der Waals surface area contributed by atoms with Crippen molar-refractivity contribution in [3.8, 4) is 10.6 Å². The molecule has 0 radical (unpaired) electrons. The van der Waals surface area contributed by atoms with Crippen LogP contribution in [0, 0.1) is 0 Å². The summed E-state index contributed by atoms with van der Waals surface area (Å²) in [6, 6.07) is 6.54. The number of ketones is 1. The first-order chi connectivity index (χ1) is 11.0. The number of imide groups is 1. The molecule has 1 aliphatic rings. The summed E-state index contributed by atoms with van der Waals surface area (Å²) in [5, 5.41) is 15.0. The van der Waals surface area contributed by atoms with Crippen LogP contribution in [-0.2, 0) is 0 Å². The van der Waals surface area contributed by atoms with Crippen LogP contribution >= 0.6 is 11.3 Å². The number of carbonyl (C=O) groups excluding carboxylic acids is 3. The first-order valence-electron chi connectivity index (χ1n) is 6.81. The molecule has 3 aromatic rings. The topological polar surface area (TPSA) is 88.4 Å². The lowest BCUT2D eigenvalue weighted by Crippen LogP contribution is -2.19. The predicted octanol–water partition coefficient (Wildman–Crippen LogP) is 2.69. The number of carbonyl (C=O) groups is 3. The Morgan fingerprint density at radius 3 is 2.52 bits per heavy atom. The maximum Gasteiger partial charge on any atom is 0.259 e. The van der Waals surface area contributed by atoms with E-state index in [1.165, 1.54) is 30.4 Å². The summed E-state index contributed by atoms with van der Waals surface area (Å²) in [5.74, 6) is -1.23. The standard InChI is InChI=1S/C16H10N2O4S/c1-7(19)13-10-5-8-9(16(21)17-15(8)20)6-11(10)18(22)14(13)12-3-2-4-23-12/h2-6,22H,1H3,(H,17,20,21). The number of hydrogen-bond acceptors (Lipinski definition) is 5. The fourth-order valence-corrected chi connectivity index (χ4v) is 3.69. The molecular weight excluding hydrogens is 316 g/mol. The quantitative estimate of drug-likeness (QED) is 0.430. The van der Waals surface area contributed by atoms with E-state index in [2.05, 4.69) is 5.32 Å². The highest BCUT2D eigenvalue weighted by Gasteiger charge is 2.31. The largest absolute Gasteiger partial charge is 0.428 e. The number of Topliss-reactive ketones (excluding diaryl/α,β-unsaturated/α-hetero) is 1. The number of rotatable bonds is 2. The van der Waals surface area contributed by atoms with Crippen molar-refractivity contribution in [2.75, 3.05) is 0 Å². The molecule has 1 aromatic carbocycles. The molecule has 4 rings (SSSR count). The molecule has 2 aromatic heterocycles. The molecule has 114 valence electrons. The lowest BCUT2D eigenvalue weighted by molar-refractivity contribution is 0.0878. The van der Waals surface area contributed by atoms with Gasteiger partial charge in [0.1, 0.15) is 5.69 Å². The predicted molar refractivity (Wildman–Crippen MR) is 84.2 cm³/mol. The Morgan fingerprint density at radius 1 is 1.22 bits per heavy atom. The van der Waals surface area contributed by atoms with Crippen LogP contribution < -0.4 is 5.32 Å². The van der Waals surface area contributed by atoms with Crippen LogP contribution in [0.25, 0.3) is 21.5 Å². The van der Waals surface area contributed by atoms with Crippen LogP contribution in [0.1, 0.15) is 38.0 Å². The lowest BCUT2D eigenvalue weighted by atomic mass is 10.0. The van der Waals surface area contributed by atoms with E-state index >= 15 is 0 Å². The number of nitrogens with zero attached hydrogens (tertiary/aromatic N) is 1. The van der Waals surface area contributed by atoms with Gasteiger partial charge in [-0.15, -0.1) is 11.3 Å². The molecule has 0 atom stereocenters. The molecule has 23 heavy (non-hydrogen) atoms. The second-order valence-electron chi connectivity index (χ2n) is 5.27. The highest BCUT2D eigenvalue weighted by molar-refractivity contribution is 7.13. The summed E-state index contributed by atoms with van der Waals surface area (Å²) in [6.07, 6.45) is 0. The Hall–Kier alpha value is -2.93. The monoisotopic (exact) mass is 326 g/mol. The zero-order chi connectivity index (χ0) is 16.3. The van der Waals surface area contributed by atoms with Gasteiger partial charge in [0.05, 0.1) is 27.1 Å². The van der Waals surface area contributed by atoms with Crippen LogP contribution in [0.2, 0.25) is 0 Å². The molecule has 6 nitrogen and oxygen atoms in total. The van der Waals surface area contributed by atoms with E-state index in [4.69, 9.17) is 0 Å². The molecule has 2 N–H and O–H groups in total. The van der Waals surface area contributed by atoms with Crippen molar-refractivity contribution in [1.82, 2.24) is 10.0 Å². The average molecular weight is 326 g/mol. The van der Waals surface area contributed by atoms with Crippen molar-refractivity contribution in [3.63, 3.8) is 0 Å². The minimum Gasteiger partial charge on any atom is -0.428 e. The summed E-state index contributed by atoms with van der Waals surface area (Å²) in [6.45, 7) is 1.41. The third-order valence-corrected chi connectivity index (χ3v) is 4.78. The Morgan fingerprint density at radius 2 is 1.91 bits per heavy atom. The zero-order valence-electron chi connectivity index (χ0n) is 11.9. The molecule has 7 heteroatoms. The molecule has 0 unspecified atom stereocenters. The van der Waals surface area contributed by atoms with Crippen molar-refractivity contribution in [1.29, 1.82) is 0 Å². The van der Waals surface area contributed by atoms with Gasteiger partial charge in [-0.1, -0.05) is 6.07 Å². The fourth-order valence-electron chi connectivity index (χ4n) is 2.93. The first kappa shape index (κ1) is 13.7. The fraction of sp³-hybridized carbons (Fsp3) is 0.0625. The van der Waals surface area contributed by atoms with Crippen molar-refractivity contribution >= 4 is 39.8 Å². The minimum atomic E-state index is -0.504. The van der Waals surface area contributed by atoms with Gasteiger partial charge in [-0.3, -0.25) is 19.7 Å². The maximum atomic E-state index is 12.1. The highest BCUT2D eigenvalue weighted by Crippen LogP contribution is 2.37. The number of thiophene rings is 1. The smallest absolute Gasteiger partial charge is 0.259 e. The molecule has 0 aliphatic carbocycles. The van der Waals surface area contributed by atoms with Gasteiger partial charge in [0.2, 0.25) is 0 Å². The highest BCUT2D eigenvalue weighted by atomic mass is 32.1. The maximum absolute atomic E-state index is 12.1. The number of amides is 2. The van der Waals surface area contributed by atoms with Crippen LogP contribution in [0.4, 0.5) is 0 Å². The lowest BCUT2D eigenvalue weighted by Gasteiger charge is -2.01. The summed E-state index contributed by atoms with van der Waals surface area (Å²) in [4.78, 5) is 36.5. The van der Waals surface area contributed by atoms with Crippen LogP contribution in [0.5, 0.6) is 0 Å². The Kier molecular flexibility index (Phi) is 2.70. The van der Waals surface area contributed by atoms with Crippen molar-refractivity contribution < 1.29 is 19.6 Å². The number of aromatic nitrogens is 1. The van der Waals surface area contributed by atoms with Gasteiger partial charge in [0, 0.05) is 5.39 Å². The molecule has 0 fully saturated rings. The number of benzene rings is 1. The van der Waals surface area contributed by atoms with Crippen molar-refractivity contribution in [2.24, 2.45) is 0 Å². The average Bonchev–Trinajstić information content (AvgIpc) is 3.17. The summed E-state index contributed by atoms with van der Waals surface area (Å²) in [7, 11) is 0. The van der Waals surface area contributed by atoms with E-state index in [0.717, 1.165) is 9.61 Å². The summed E-state index contributed by atoms with van der Waals surface area (Å²) in [5.41, 5.74) is 1.44. The minimum absolute atomic E-state index is 0.197. The third-order valence-electron chi connectivity index (χ3n) is 3.90. The van der Waals surface area contributed by atoms with E-state index in [-0.39, 0.29) is 16.9 Å². The molecule has 2 amide bonds. The van der Waals surface area contributed by atoms with Crippen LogP contribution in [0.15, 0.2) is 29.6 Å². The van der Waals surface area contributed by atoms with Crippen molar-refractivity contribution in [2.45, 2.75) is 6.92 Å². The normalized spacial score (nSPS) is 13.4. The van der Waals surface area contributed by atoms with Gasteiger partial charge < -0.3 is 5.21 Å². The molecule has 0 spiro atoms. The molecule has 0 saturated carbocycles. The summed E-state index contributed by atoms with van der Waals surface area (Å²) >= 11 is 1.39. The van der Waals surface area contributed by atoms with Crippen molar-refractivity contribution in [3.05, 3.63) is 46.3 Å². The van der Waals surface area contributed by atoms with E-state index in [1.807, 2.05) is 11.4 Å².